The van der Waals surface area contributed by atoms with Crippen molar-refractivity contribution in [1.29, 1.82) is 0 Å². The number of carbonyl (C=O) groups excluding carboxylic acids is 1. The molecule has 0 bridgehead atoms. The Bertz CT molecular complexity index is 958. The third-order valence-corrected chi connectivity index (χ3v) is 7.46. The molecule has 0 spiro atoms. The van der Waals surface area contributed by atoms with Crippen LogP contribution < -0.4 is 0 Å². The van der Waals surface area contributed by atoms with Crippen molar-refractivity contribution in [2.45, 2.75) is 36.9 Å². The minimum absolute atomic E-state index is 0.0880. The van der Waals surface area contributed by atoms with Crippen molar-refractivity contribution in [3.05, 3.63) is 24.3 Å². The van der Waals surface area contributed by atoms with Crippen LogP contribution in [0.15, 0.2) is 34.3 Å². The molecule has 0 aliphatic heterocycles. The van der Waals surface area contributed by atoms with Crippen LogP contribution in [0.5, 0.6) is 0 Å². The predicted octanol–water partition coefficient (Wildman–Crippen LogP) is 2.45. The summed E-state index contributed by atoms with van der Waals surface area (Å²) < 4.78 is 39.1. The van der Waals surface area contributed by atoms with E-state index in [1.807, 2.05) is 11.5 Å². The van der Waals surface area contributed by atoms with Gasteiger partial charge in [-0.3, -0.25) is 9.36 Å². The number of thioether (sulfide) groups is 1. The molecule has 0 saturated heterocycles. The molecule has 0 unspecified atom stereocenters. The second kappa shape index (κ2) is 10.9. The summed E-state index contributed by atoms with van der Waals surface area (Å²) in [5, 5.41) is 9.02. The number of aromatic nitrogens is 3. The fourth-order valence-corrected chi connectivity index (χ4v) is 5.35. The Kier molecular flexibility index (Phi) is 8.83. The van der Waals surface area contributed by atoms with E-state index in [-0.39, 0.29) is 22.7 Å². The number of hydrogen-bond donors (Lipinski definition) is 0. The molecule has 11 heteroatoms. The van der Waals surface area contributed by atoms with E-state index in [2.05, 4.69) is 10.2 Å². The summed E-state index contributed by atoms with van der Waals surface area (Å²) in [5.74, 6) is 0.219. The Labute approximate surface area is 181 Å². The van der Waals surface area contributed by atoms with Crippen molar-refractivity contribution in [2.24, 2.45) is 0 Å². The maximum Gasteiger partial charge on any atom is 0.316 e. The Morgan fingerprint density at radius 2 is 1.93 bits per heavy atom. The lowest BCUT2D eigenvalue weighted by atomic mass is 10.2. The Morgan fingerprint density at radius 3 is 2.53 bits per heavy atom. The topological polar surface area (TPSA) is 104 Å². The summed E-state index contributed by atoms with van der Waals surface area (Å²) in [4.78, 5) is 11.7. The maximum atomic E-state index is 12.9. The second-order valence-corrected chi connectivity index (χ2v) is 9.34. The van der Waals surface area contributed by atoms with Crippen molar-refractivity contribution in [3.8, 4) is 11.4 Å². The highest BCUT2D eigenvalue weighted by molar-refractivity contribution is 7.99. The van der Waals surface area contributed by atoms with Crippen LogP contribution in [0.2, 0.25) is 0 Å². The summed E-state index contributed by atoms with van der Waals surface area (Å²) >= 11 is 1.20. The van der Waals surface area contributed by atoms with Crippen molar-refractivity contribution >= 4 is 27.8 Å². The normalized spacial score (nSPS) is 12.9. The van der Waals surface area contributed by atoms with E-state index >= 15 is 0 Å². The van der Waals surface area contributed by atoms with Crippen molar-refractivity contribution in [3.63, 3.8) is 0 Å². The van der Waals surface area contributed by atoms with Gasteiger partial charge >= 0.3 is 5.97 Å². The van der Waals surface area contributed by atoms with Gasteiger partial charge in [0.2, 0.25) is 10.0 Å². The molecule has 0 amide bonds. The number of benzene rings is 1. The maximum absolute atomic E-state index is 12.9. The first-order valence-electron chi connectivity index (χ1n) is 9.54. The first kappa shape index (κ1) is 24.3. The van der Waals surface area contributed by atoms with Crippen LogP contribution in [0.4, 0.5) is 0 Å². The van der Waals surface area contributed by atoms with Crippen LogP contribution >= 0.6 is 11.8 Å². The van der Waals surface area contributed by atoms with Crippen LogP contribution in [0.25, 0.3) is 11.4 Å². The molecule has 0 aliphatic rings. The van der Waals surface area contributed by atoms with E-state index < -0.39 is 10.0 Å². The molecular formula is C19H28N4O5S2. The molecule has 166 valence electrons. The molecule has 1 atom stereocenters. The predicted molar refractivity (Wildman–Crippen MR) is 115 cm³/mol. The number of esters is 1. The van der Waals surface area contributed by atoms with E-state index in [0.29, 0.717) is 36.2 Å². The molecular weight excluding hydrogens is 428 g/mol. The molecule has 0 aliphatic carbocycles. The molecule has 0 N–H and O–H groups in total. The lowest BCUT2D eigenvalue weighted by molar-refractivity contribution is -0.137. The van der Waals surface area contributed by atoms with E-state index in [1.54, 1.807) is 45.2 Å². The number of methoxy groups -OCH3 is 2. The average molecular weight is 457 g/mol. The van der Waals surface area contributed by atoms with Gasteiger partial charge in [-0.2, -0.15) is 4.31 Å². The van der Waals surface area contributed by atoms with Gasteiger partial charge in [0.1, 0.15) is 0 Å². The van der Waals surface area contributed by atoms with Gasteiger partial charge in [0.05, 0.1) is 30.4 Å². The second-order valence-electron chi connectivity index (χ2n) is 6.46. The third kappa shape index (κ3) is 5.39. The zero-order valence-electron chi connectivity index (χ0n) is 17.9. The van der Waals surface area contributed by atoms with Gasteiger partial charge in [0.25, 0.3) is 0 Å². The quantitative estimate of drug-likeness (QED) is 0.375. The highest BCUT2D eigenvalue weighted by atomic mass is 32.2. The molecule has 2 rings (SSSR count). The van der Waals surface area contributed by atoms with Crippen molar-refractivity contribution in [2.75, 3.05) is 39.7 Å². The van der Waals surface area contributed by atoms with Gasteiger partial charge in [0.15, 0.2) is 11.0 Å². The minimum atomic E-state index is -3.61. The van der Waals surface area contributed by atoms with Crippen LogP contribution in [-0.4, -0.2) is 73.1 Å². The Morgan fingerprint density at radius 1 is 1.23 bits per heavy atom. The van der Waals surface area contributed by atoms with Crippen LogP contribution in [0.1, 0.15) is 26.8 Å². The number of ether oxygens (including phenoxy) is 2. The molecule has 1 aromatic heterocycles. The lowest BCUT2D eigenvalue weighted by Crippen LogP contribution is -2.30. The number of sulfonamides is 1. The van der Waals surface area contributed by atoms with Crippen molar-refractivity contribution < 1.29 is 22.7 Å². The number of carbonyl (C=O) groups is 1. The molecule has 30 heavy (non-hydrogen) atoms. The van der Waals surface area contributed by atoms with Gasteiger partial charge in [-0.1, -0.05) is 37.7 Å². The largest absolute Gasteiger partial charge is 0.468 e. The number of nitrogens with zero attached hydrogens (tertiary/aromatic N) is 4. The lowest BCUT2D eigenvalue weighted by Gasteiger charge is -2.19. The first-order valence-corrected chi connectivity index (χ1v) is 12.0. The highest BCUT2D eigenvalue weighted by Gasteiger charge is 2.24. The summed E-state index contributed by atoms with van der Waals surface area (Å²) in [5.41, 5.74) is 0.614. The molecule has 0 saturated carbocycles. The summed E-state index contributed by atoms with van der Waals surface area (Å²) in [6, 6.07) is 6.51. The third-order valence-electron chi connectivity index (χ3n) is 4.50. The summed E-state index contributed by atoms with van der Waals surface area (Å²) in [7, 11) is -0.684. The van der Waals surface area contributed by atoms with Gasteiger partial charge < -0.3 is 9.47 Å². The van der Waals surface area contributed by atoms with Gasteiger partial charge in [0, 0.05) is 25.8 Å². The summed E-state index contributed by atoms with van der Waals surface area (Å²) in [6.07, 6.45) is 0. The van der Waals surface area contributed by atoms with Gasteiger partial charge in [-0.25, -0.2) is 8.42 Å². The van der Waals surface area contributed by atoms with E-state index in [0.717, 1.165) is 0 Å². The molecule has 1 heterocycles. The average Bonchev–Trinajstić information content (AvgIpc) is 3.17. The van der Waals surface area contributed by atoms with Gasteiger partial charge in [-0.15, -0.1) is 10.2 Å². The van der Waals surface area contributed by atoms with Gasteiger partial charge in [-0.05, 0) is 19.1 Å². The zero-order chi connectivity index (χ0) is 22.3. The molecule has 0 fully saturated rings. The Balaban J connectivity index is 2.50. The SMILES string of the molecule is CCN(CC)S(=O)(=O)c1cccc(-c2nnc(SCC(=O)OC)n2[C@H](C)COC)c1. The van der Waals surface area contributed by atoms with Crippen molar-refractivity contribution in [1.82, 2.24) is 19.1 Å². The van der Waals surface area contributed by atoms with E-state index in [1.165, 1.54) is 23.2 Å². The monoisotopic (exact) mass is 456 g/mol. The standard InChI is InChI=1S/C19H28N4O5S2/c1-6-22(7-2)30(25,26)16-10-8-9-15(11-16)18-20-21-19(29-13-17(24)28-5)23(18)14(3)12-27-4/h8-11,14H,6-7,12-13H2,1-5H3/t14-/m1/s1. The smallest absolute Gasteiger partial charge is 0.316 e. The first-order chi connectivity index (χ1) is 14.3. The molecule has 0 radical (unpaired) electrons. The van der Waals surface area contributed by atoms with E-state index in [9.17, 15) is 13.2 Å². The van der Waals surface area contributed by atoms with Crippen LogP contribution in [0.3, 0.4) is 0 Å². The summed E-state index contributed by atoms with van der Waals surface area (Å²) in [6.45, 7) is 6.72. The zero-order valence-corrected chi connectivity index (χ0v) is 19.5. The van der Waals surface area contributed by atoms with Crippen LogP contribution in [-0.2, 0) is 24.3 Å². The Hall–Kier alpha value is -1.95. The molecule has 2 aromatic rings. The van der Waals surface area contributed by atoms with Crippen LogP contribution in [0, 0.1) is 0 Å². The van der Waals surface area contributed by atoms with E-state index in [4.69, 9.17) is 9.47 Å². The number of rotatable bonds is 11. The number of hydrogen-bond acceptors (Lipinski definition) is 8. The molecule has 1 aromatic carbocycles. The fourth-order valence-electron chi connectivity index (χ4n) is 2.98. The minimum Gasteiger partial charge on any atom is -0.468 e. The highest BCUT2D eigenvalue weighted by Crippen LogP contribution is 2.30. The fraction of sp³-hybridized carbons (Fsp3) is 0.526. The molecule has 9 nitrogen and oxygen atoms in total.